The van der Waals surface area contributed by atoms with Gasteiger partial charge in [-0.3, -0.25) is 9.59 Å². The van der Waals surface area contributed by atoms with E-state index in [-0.39, 0.29) is 5.70 Å². The molecule has 0 aliphatic carbocycles. The molecule has 0 aromatic heterocycles. The fourth-order valence-corrected chi connectivity index (χ4v) is 1.21. The van der Waals surface area contributed by atoms with Crippen LogP contribution in [-0.2, 0) is 16.1 Å². The fraction of sp³-hybridized carbons (Fsp3) is 0.167. The zero-order chi connectivity index (χ0) is 12.7. The molecule has 5 heteroatoms. The van der Waals surface area contributed by atoms with E-state index in [1.807, 2.05) is 30.3 Å². The number of benzene rings is 1. The van der Waals surface area contributed by atoms with Crippen molar-refractivity contribution in [3.8, 4) is 0 Å². The molecule has 0 bridgehead atoms. The van der Waals surface area contributed by atoms with Crippen LogP contribution in [0.25, 0.3) is 0 Å². The van der Waals surface area contributed by atoms with Crippen LogP contribution in [0.2, 0.25) is 0 Å². The topological polar surface area (TPSA) is 78.4 Å². The van der Waals surface area contributed by atoms with E-state index in [2.05, 4.69) is 10.6 Å². The molecular weight excluding hydrogens is 220 g/mol. The minimum Gasteiger partial charge on any atom is -0.513 e. The van der Waals surface area contributed by atoms with Crippen LogP contribution < -0.4 is 10.6 Å². The first kappa shape index (κ1) is 12.8. The normalized spacial score (nSPS) is 10.8. The average Bonchev–Trinajstić information content (AvgIpc) is 2.34. The number of nitrogens with one attached hydrogen (secondary N) is 2. The third-order valence-electron chi connectivity index (χ3n) is 1.98. The zero-order valence-electron chi connectivity index (χ0n) is 9.43. The van der Waals surface area contributed by atoms with E-state index in [9.17, 15) is 9.59 Å². The van der Waals surface area contributed by atoms with E-state index in [0.717, 1.165) is 5.56 Å². The van der Waals surface area contributed by atoms with Crippen LogP contribution in [0, 0.1) is 0 Å². The molecule has 0 spiro atoms. The minimum atomic E-state index is -0.536. The molecule has 0 radical (unpaired) electrons. The van der Waals surface area contributed by atoms with Crippen molar-refractivity contribution in [2.75, 3.05) is 0 Å². The van der Waals surface area contributed by atoms with Crippen LogP contribution in [0.1, 0.15) is 12.5 Å². The Morgan fingerprint density at radius 2 is 1.94 bits per heavy atom. The summed E-state index contributed by atoms with van der Waals surface area (Å²) in [6, 6.07) is 9.32. The molecule has 3 N–H and O–H groups in total. The summed E-state index contributed by atoms with van der Waals surface area (Å²) < 4.78 is 0. The van der Waals surface area contributed by atoms with Crippen LogP contribution >= 0.6 is 0 Å². The van der Waals surface area contributed by atoms with Crippen molar-refractivity contribution in [2.24, 2.45) is 0 Å². The van der Waals surface area contributed by atoms with Crippen LogP contribution in [0.5, 0.6) is 0 Å². The third-order valence-corrected chi connectivity index (χ3v) is 1.98. The lowest BCUT2D eigenvalue weighted by Gasteiger charge is -2.08. The summed E-state index contributed by atoms with van der Waals surface area (Å²) in [4.78, 5) is 22.3. The van der Waals surface area contributed by atoms with Crippen molar-refractivity contribution >= 4 is 11.8 Å². The highest BCUT2D eigenvalue weighted by molar-refractivity contribution is 5.96. The summed E-state index contributed by atoms with van der Waals surface area (Å²) in [5, 5.41) is 13.6. The number of carbonyl (C=O) groups is 2. The predicted molar refractivity (Wildman–Crippen MR) is 62.8 cm³/mol. The van der Waals surface area contributed by atoms with Crippen molar-refractivity contribution in [1.82, 2.24) is 10.6 Å². The Labute approximate surface area is 99.1 Å². The minimum absolute atomic E-state index is 0.173. The van der Waals surface area contributed by atoms with E-state index in [1.54, 1.807) is 0 Å². The number of aliphatic hydroxyl groups excluding tert-OH is 1. The molecule has 0 unspecified atom stereocenters. The SMILES string of the molecule is CC(=O)NC(=CO)C(=O)NCc1ccccc1. The Hall–Kier alpha value is -2.30. The Morgan fingerprint density at radius 3 is 2.47 bits per heavy atom. The fourth-order valence-electron chi connectivity index (χ4n) is 1.21. The number of carbonyl (C=O) groups excluding carboxylic acids is 2. The molecule has 1 aromatic carbocycles. The maximum atomic E-state index is 11.5. The van der Waals surface area contributed by atoms with Gasteiger partial charge in [0.25, 0.3) is 5.91 Å². The summed E-state index contributed by atoms with van der Waals surface area (Å²) in [6.07, 6.45) is 0.571. The van der Waals surface area contributed by atoms with Gasteiger partial charge in [0.05, 0.1) is 0 Å². The first-order chi connectivity index (χ1) is 8.13. The van der Waals surface area contributed by atoms with E-state index < -0.39 is 11.8 Å². The molecule has 0 saturated carbocycles. The Balaban J connectivity index is 2.52. The van der Waals surface area contributed by atoms with Crippen molar-refractivity contribution in [3.05, 3.63) is 47.9 Å². The molecule has 1 rings (SSSR count). The van der Waals surface area contributed by atoms with Crippen LogP contribution in [0.4, 0.5) is 0 Å². The molecule has 0 fully saturated rings. The highest BCUT2D eigenvalue weighted by Crippen LogP contribution is 1.98. The summed E-state index contributed by atoms with van der Waals surface area (Å²) in [7, 11) is 0. The van der Waals surface area contributed by atoms with E-state index in [4.69, 9.17) is 5.11 Å². The van der Waals surface area contributed by atoms with Gasteiger partial charge in [-0.05, 0) is 5.56 Å². The average molecular weight is 234 g/mol. The first-order valence-corrected chi connectivity index (χ1v) is 5.07. The summed E-state index contributed by atoms with van der Waals surface area (Å²) in [5.74, 6) is -0.952. The molecule has 0 saturated heterocycles. The summed E-state index contributed by atoms with van der Waals surface area (Å²) in [6.45, 7) is 1.59. The maximum Gasteiger partial charge on any atom is 0.271 e. The van der Waals surface area contributed by atoms with Gasteiger partial charge < -0.3 is 15.7 Å². The lowest BCUT2D eigenvalue weighted by molar-refractivity contribution is -0.122. The predicted octanol–water partition coefficient (Wildman–Crippen LogP) is 0.838. The van der Waals surface area contributed by atoms with Crippen molar-refractivity contribution in [1.29, 1.82) is 0 Å². The van der Waals surface area contributed by atoms with Gasteiger partial charge in [0.1, 0.15) is 12.0 Å². The molecule has 5 nitrogen and oxygen atoms in total. The van der Waals surface area contributed by atoms with Gasteiger partial charge >= 0.3 is 0 Å². The van der Waals surface area contributed by atoms with Gasteiger partial charge in [-0.1, -0.05) is 30.3 Å². The first-order valence-electron chi connectivity index (χ1n) is 5.07. The van der Waals surface area contributed by atoms with Crippen LogP contribution in [-0.4, -0.2) is 16.9 Å². The Kier molecular flexibility index (Phi) is 4.75. The maximum absolute atomic E-state index is 11.5. The lowest BCUT2D eigenvalue weighted by atomic mass is 10.2. The molecule has 0 aliphatic heterocycles. The summed E-state index contributed by atoms with van der Waals surface area (Å²) >= 11 is 0. The van der Waals surface area contributed by atoms with E-state index in [1.165, 1.54) is 6.92 Å². The number of rotatable bonds is 4. The number of hydrogen-bond acceptors (Lipinski definition) is 3. The molecule has 0 atom stereocenters. The van der Waals surface area contributed by atoms with Gasteiger partial charge in [0.15, 0.2) is 0 Å². The highest BCUT2D eigenvalue weighted by Gasteiger charge is 2.10. The van der Waals surface area contributed by atoms with Crippen LogP contribution in [0.3, 0.4) is 0 Å². The lowest BCUT2D eigenvalue weighted by Crippen LogP contribution is -2.33. The molecule has 90 valence electrons. The van der Waals surface area contributed by atoms with Crippen LogP contribution in [0.15, 0.2) is 42.3 Å². The van der Waals surface area contributed by atoms with Gasteiger partial charge in [-0.2, -0.15) is 0 Å². The van der Waals surface area contributed by atoms with Crippen molar-refractivity contribution in [3.63, 3.8) is 0 Å². The summed E-state index contributed by atoms with van der Waals surface area (Å²) in [5.41, 5.74) is 0.759. The van der Waals surface area contributed by atoms with Crippen molar-refractivity contribution < 1.29 is 14.7 Å². The third kappa shape index (κ3) is 4.38. The Morgan fingerprint density at radius 1 is 1.29 bits per heavy atom. The molecule has 2 amide bonds. The van der Waals surface area contributed by atoms with Gasteiger partial charge in [-0.25, -0.2) is 0 Å². The largest absolute Gasteiger partial charge is 0.513 e. The quantitative estimate of drug-likeness (QED) is 0.533. The molecule has 17 heavy (non-hydrogen) atoms. The number of aliphatic hydroxyl groups is 1. The standard InChI is InChI=1S/C12H14N2O3/c1-9(16)14-11(8-15)12(17)13-7-10-5-3-2-4-6-10/h2-6,8,15H,7H2,1H3,(H,13,17)(H,14,16). The van der Waals surface area contributed by atoms with Gasteiger partial charge in [-0.15, -0.1) is 0 Å². The highest BCUT2D eigenvalue weighted by atomic mass is 16.2. The van der Waals surface area contributed by atoms with Gasteiger partial charge in [0.2, 0.25) is 5.91 Å². The molecule has 1 aromatic rings. The number of amides is 2. The smallest absolute Gasteiger partial charge is 0.271 e. The molecule has 0 heterocycles. The second-order valence-electron chi connectivity index (χ2n) is 3.39. The van der Waals surface area contributed by atoms with Gasteiger partial charge in [0, 0.05) is 13.5 Å². The monoisotopic (exact) mass is 234 g/mol. The Bertz CT molecular complexity index is 427. The number of hydrogen-bond donors (Lipinski definition) is 3. The van der Waals surface area contributed by atoms with E-state index >= 15 is 0 Å². The second-order valence-corrected chi connectivity index (χ2v) is 3.39. The van der Waals surface area contributed by atoms with Crippen molar-refractivity contribution in [2.45, 2.75) is 13.5 Å². The van der Waals surface area contributed by atoms with E-state index in [0.29, 0.717) is 12.8 Å². The molecule has 0 aliphatic rings. The second kappa shape index (κ2) is 6.32. The molecular formula is C12H14N2O3. The zero-order valence-corrected chi connectivity index (χ0v) is 9.43.